The summed E-state index contributed by atoms with van der Waals surface area (Å²) >= 11 is 1.30. The Morgan fingerprint density at radius 1 is 1.43 bits per heavy atom. The molecule has 1 N–H and O–H groups in total. The number of hydrogen-bond acceptors (Lipinski definition) is 8. The van der Waals surface area contributed by atoms with E-state index in [1.54, 1.807) is 11.8 Å². The van der Waals surface area contributed by atoms with Gasteiger partial charge in [-0.05, 0) is 6.92 Å². The maximum absolute atomic E-state index is 11.9. The first-order chi connectivity index (χ1) is 11.2. The Morgan fingerprint density at radius 3 is 3.04 bits per heavy atom. The highest BCUT2D eigenvalue weighted by Gasteiger charge is 2.25. The maximum atomic E-state index is 11.9. The van der Waals surface area contributed by atoms with E-state index in [1.165, 1.54) is 17.9 Å². The summed E-state index contributed by atoms with van der Waals surface area (Å²) < 4.78 is 9.33. The van der Waals surface area contributed by atoms with Gasteiger partial charge in [0.2, 0.25) is 5.13 Å². The van der Waals surface area contributed by atoms with Crippen LogP contribution in [0.15, 0.2) is 6.33 Å². The molecule has 9 heteroatoms. The predicted molar refractivity (Wildman–Crippen MR) is 85.7 cm³/mol. The van der Waals surface area contributed by atoms with Crippen LogP contribution in [0.4, 0.5) is 15.7 Å². The van der Waals surface area contributed by atoms with E-state index in [-0.39, 0.29) is 6.09 Å². The molecule has 122 valence electrons. The molecule has 1 aliphatic heterocycles. The van der Waals surface area contributed by atoms with E-state index in [4.69, 9.17) is 4.74 Å². The van der Waals surface area contributed by atoms with Gasteiger partial charge in [-0.2, -0.15) is 4.37 Å². The average molecular weight is 334 g/mol. The first-order valence-electron chi connectivity index (χ1n) is 7.55. The minimum absolute atomic E-state index is 0.308. The number of anilines is 2. The van der Waals surface area contributed by atoms with Crippen molar-refractivity contribution in [3.63, 3.8) is 0 Å². The third-order valence-corrected chi connectivity index (χ3v) is 4.21. The fraction of sp³-hybridized carbons (Fsp3) is 0.500. The second-order valence-corrected chi connectivity index (χ2v) is 5.76. The van der Waals surface area contributed by atoms with Crippen LogP contribution in [0.5, 0.6) is 0 Å². The van der Waals surface area contributed by atoms with Crippen molar-refractivity contribution in [1.29, 1.82) is 0 Å². The Hall–Kier alpha value is -2.29. The van der Waals surface area contributed by atoms with Gasteiger partial charge in [-0.1, -0.05) is 6.92 Å². The number of rotatable bonds is 4. The lowest BCUT2D eigenvalue weighted by molar-refractivity contribution is 0.102. The van der Waals surface area contributed by atoms with Gasteiger partial charge in [0.15, 0.2) is 0 Å². The highest BCUT2D eigenvalue weighted by Crippen LogP contribution is 2.26. The Morgan fingerprint density at radius 2 is 2.30 bits per heavy atom. The molecule has 0 aromatic carbocycles. The zero-order valence-electron chi connectivity index (χ0n) is 13.1. The zero-order chi connectivity index (χ0) is 16.2. The molecule has 0 radical (unpaired) electrons. The molecular formula is C14H18N6O2S. The lowest BCUT2D eigenvalue weighted by Gasteiger charge is -2.28. The number of ether oxygens (including phenoxy) is 1. The molecule has 0 fully saturated rings. The lowest BCUT2D eigenvalue weighted by Crippen LogP contribution is -2.37. The van der Waals surface area contributed by atoms with Crippen LogP contribution in [0, 0.1) is 0 Å². The van der Waals surface area contributed by atoms with E-state index in [2.05, 4.69) is 24.6 Å². The molecule has 1 amide bonds. The zero-order valence-corrected chi connectivity index (χ0v) is 13.9. The van der Waals surface area contributed by atoms with E-state index >= 15 is 0 Å². The summed E-state index contributed by atoms with van der Waals surface area (Å²) in [6, 6.07) is 0. The van der Waals surface area contributed by atoms with Crippen LogP contribution in [-0.2, 0) is 24.1 Å². The van der Waals surface area contributed by atoms with Gasteiger partial charge in [0.1, 0.15) is 18.0 Å². The molecular weight excluding hydrogens is 316 g/mol. The predicted octanol–water partition coefficient (Wildman–Crippen LogP) is 2.15. The van der Waals surface area contributed by atoms with Crippen LogP contribution in [0.1, 0.15) is 30.9 Å². The quantitative estimate of drug-likeness (QED) is 0.915. The van der Waals surface area contributed by atoms with E-state index in [0.29, 0.717) is 37.1 Å². The van der Waals surface area contributed by atoms with Gasteiger partial charge in [-0.15, -0.1) is 0 Å². The van der Waals surface area contributed by atoms with Crippen molar-refractivity contribution in [3.05, 3.63) is 23.4 Å². The smallest absolute Gasteiger partial charge is 0.410 e. The molecule has 0 unspecified atom stereocenters. The average Bonchev–Trinajstić information content (AvgIpc) is 3.03. The number of fused-ring (bicyclic) bond motifs is 1. The summed E-state index contributed by atoms with van der Waals surface area (Å²) in [7, 11) is 0. The van der Waals surface area contributed by atoms with Crippen molar-refractivity contribution in [2.24, 2.45) is 0 Å². The fourth-order valence-electron chi connectivity index (χ4n) is 2.37. The molecule has 8 nitrogen and oxygen atoms in total. The van der Waals surface area contributed by atoms with Gasteiger partial charge in [-0.25, -0.2) is 19.7 Å². The maximum Gasteiger partial charge on any atom is 0.410 e. The van der Waals surface area contributed by atoms with Gasteiger partial charge in [0.25, 0.3) is 0 Å². The number of nitrogens with zero attached hydrogens (tertiary/aromatic N) is 5. The summed E-state index contributed by atoms with van der Waals surface area (Å²) in [6.45, 7) is 5.20. The van der Waals surface area contributed by atoms with Gasteiger partial charge in [0.05, 0.1) is 18.8 Å². The summed E-state index contributed by atoms with van der Waals surface area (Å²) in [4.78, 5) is 26.6. The fourth-order valence-corrected chi connectivity index (χ4v) is 3.02. The van der Waals surface area contributed by atoms with Crippen LogP contribution < -0.4 is 5.32 Å². The highest BCUT2D eigenvalue weighted by molar-refractivity contribution is 7.09. The summed E-state index contributed by atoms with van der Waals surface area (Å²) in [5.41, 5.74) is 1.85. The first kappa shape index (κ1) is 15.6. The van der Waals surface area contributed by atoms with Crippen LogP contribution in [0.3, 0.4) is 0 Å². The van der Waals surface area contributed by atoms with Gasteiger partial charge in [0, 0.05) is 36.5 Å². The molecule has 0 saturated heterocycles. The van der Waals surface area contributed by atoms with Crippen LogP contribution in [-0.4, -0.2) is 43.5 Å². The molecule has 2 aromatic rings. The summed E-state index contributed by atoms with van der Waals surface area (Å²) in [6.07, 6.45) is 2.69. The third-order valence-electron chi connectivity index (χ3n) is 3.54. The monoisotopic (exact) mass is 334 g/mol. The van der Waals surface area contributed by atoms with Gasteiger partial charge in [-0.3, -0.25) is 0 Å². The van der Waals surface area contributed by atoms with Crippen molar-refractivity contribution in [3.8, 4) is 0 Å². The van der Waals surface area contributed by atoms with Crippen LogP contribution >= 0.6 is 11.5 Å². The largest absolute Gasteiger partial charge is 0.450 e. The lowest BCUT2D eigenvalue weighted by atomic mass is 10.1. The molecule has 0 aliphatic carbocycles. The molecule has 1 aliphatic rings. The van der Waals surface area contributed by atoms with E-state index < -0.39 is 0 Å². The van der Waals surface area contributed by atoms with Crippen LogP contribution in [0.2, 0.25) is 0 Å². The van der Waals surface area contributed by atoms with Crippen molar-refractivity contribution >= 4 is 28.6 Å². The minimum Gasteiger partial charge on any atom is -0.450 e. The Bertz CT molecular complexity index is 704. The molecule has 3 heterocycles. The number of nitrogens with one attached hydrogen (secondary N) is 1. The Kier molecular flexibility index (Phi) is 4.65. The topological polar surface area (TPSA) is 93.1 Å². The minimum atomic E-state index is -0.308. The molecule has 23 heavy (non-hydrogen) atoms. The summed E-state index contributed by atoms with van der Waals surface area (Å²) in [5, 5.41) is 3.88. The highest BCUT2D eigenvalue weighted by atomic mass is 32.1. The summed E-state index contributed by atoms with van der Waals surface area (Å²) in [5.74, 6) is 1.47. The Labute approximate surface area is 138 Å². The number of carbonyl (C=O) groups is 1. The third kappa shape index (κ3) is 3.39. The van der Waals surface area contributed by atoms with Crippen molar-refractivity contribution < 1.29 is 9.53 Å². The number of amides is 1. The second-order valence-electron chi connectivity index (χ2n) is 5.01. The first-order valence-corrected chi connectivity index (χ1v) is 8.32. The number of carbonyl (C=O) groups excluding carboxylic acids is 1. The molecule has 2 aromatic heterocycles. The van der Waals surface area contributed by atoms with E-state index in [1.807, 2.05) is 6.92 Å². The number of aromatic nitrogens is 4. The normalized spacial score (nSPS) is 13.6. The van der Waals surface area contributed by atoms with E-state index in [9.17, 15) is 4.79 Å². The molecule has 0 spiro atoms. The number of aryl methyl sites for hydroxylation is 1. The standard InChI is InChI=1S/C14H18N6O2S/c1-3-11-17-13(23-19-11)18-12-9-7-20(14(21)22-4-2)6-5-10(9)15-8-16-12/h8H,3-7H2,1-2H3,(H,15,16,17,18,19). The van der Waals surface area contributed by atoms with E-state index in [0.717, 1.165) is 23.5 Å². The van der Waals surface area contributed by atoms with Gasteiger partial charge < -0.3 is 15.0 Å². The van der Waals surface area contributed by atoms with Gasteiger partial charge >= 0.3 is 6.09 Å². The number of hydrogen-bond donors (Lipinski definition) is 1. The second kappa shape index (κ2) is 6.86. The molecule has 3 rings (SSSR count). The van der Waals surface area contributed by atoms with Crippen LogP contribution in [0.25, 0.3) is 0 Å². The SMILES string of the molecule is CCOC(=O)N1CCc2ncnc(Nc3nc(CC)ns3)c2C1. The van der Waals surface area contributed by atoms with Crippen molar-refractivity contribution in [1.82, 2.24) is 24.2 Å². The Balaban J connectivity index is 1.82. The molecule has 0 atom stereocenters. The van der Waals surface area contributed by atoms with Crippen molar-refractivity contribution in [2.45, 2.75) is 33.2 Å². The molecule has 0 saturated carbocycles. The van der Waals surface area contributed by atoms with Crippen molar-refractivity contribution in [2.75, 3.05) is 18.5 Å². The molecule has 0 bridgehead atoms.